The molecule has 21 heavy (non-hydrogen) atoms. The van der Waals surface area contributed by atoms with E-state index in [-0.39, 0.29) is 17.7 Å². The van der Waals surface area contributed by atoms with Gasteiger partial charge >= 0.3 is 0 Å². The van der Waals surface area contributed by atoms with Crippen molar-refractivity contribution >= 4 is 40.3 Å². The molecule has 110 valence electrons. The number of nitrogens with zero attached hydrogens (tertiary/aromatic N) is 1. The van der Waals surface area contributed by atoms with Crippen molar-refractivity contribution in [1.29, 1.82) is 0 Å². The third-order valence-electron chi connectivity index (χ3n) is 3.99. The summed E-state index contributed by atoms with van der Waals surface area (Å²) in [5.41, 5.74) is 0.654. The lowest BCUT2D eigenvalue weighted by molar-refractivity contribution is -0.124. The third kappa shape index (κ3) is 2.99. The molecule has 0 bridgehead atoms. The van der Waals surface area contributed by atoms with Crippen molar-refractivity contribution < 1.29 is 9.90 Å². The molecule has 1 aromatic carbocycles. The fourth-order valence-corrected chi connectivity index (χ4v) is 4.28. The molecule has 5 heteroatoms. The van der Waals surface area contributed by atoms with E-state index in [1.807, 2.05) is 6.07 Å². The summed E-state index contributed by atoms with van der Waals surface area (Å²) in [5.74, 6) is 0.167. The van der Waals surface area contributed by atoms with Crippen molar-refractivity contribution in [3.05, 3.63) is 34.7 Å². The first-order valence-electron chi connectivity index (χ1n) is 7.22. The van der Waals surface area contributed by atoms with Crippen LogP contribution in [0.4, 0.5) is 0 Å². The van der Waals surface area contributed by atoms with E-state index in [1.54, 1.807) is 29.2 Å². The molecule has 1 saturated carbocycles. The van der Waals surface area contributed by atoms with Gasteiger partial charge in [0.15, 0.2) is 0 Å². The van der Waals surface area contributed by atoms with Crippen molar-refractivity contribution in [2.75, 3.05) is 0 Å². The molecule has 1 aromatic rings. The molecule has 3 nitrogen and oxygen atoms in total. The van der Waals surface area contributed by atoms with Gasteiger partial charge in [-0.15, -0.1) is 0 Å². The molecule has 1 amide bonds. The van der Waals surface area contributed by atoms with Crippen LogP contribution >= 0.6 is 24.0 Å². The van der Waals surface area contributed by atoms with E-state index in [9.17, 15) is 9.90 Å². The maximum atomic E-state index is 12.6. The van der Waals surface area contributed by atoms with Crippen LogP contribution in [-0.2, 0) is 4.79 Å². The monoisotopic (exact) mass is 319 g/mol. The maximum absolute atomic E-state index is 12.6. The molecule has 0 spiro atoms. The molecule has 1 N–H and O–H groups in total. The predicted molar refractivity (Wildman–Crippen MR) is 90.0 cm³/mol. The van der Waals surface area contributed by atoms with Gasteiger partial charge in [-0.3, -0.25) is 9.69 Å². The van der Waals surface area contributed by atoms with Crippen molar-refractivity contribution in [2.45, 2.75) is 38.1 Å². The smallest absolute Gasteiger partial charge is 0.266 e. The number of benzene rings is 1. The first-order valence-corrected chi connectivity index (χ1v) is 8.44. The Kier molecular flexibility index (Phi) is 4.31. The van der Waals surface area contributed by atoms with E-state index in [1.165, 1.54) is 31.0 Å². The summed E-state index contributed by atoms with van der Waals surface area (Å²) in [5, 5.41) is 9.83. The van der Waals surface area contributed by atoms with E-state index < -0.39 is 0 Å². The zero-order valence-electron chi connectivity index (χ0n) is 11.6. The lowest BCUT2D eigenvalue weighted by Gasteiger charge is -2.29. The number of hydrogen-bond donors (Lipinski definition) is 1. The summed E-state index contributed by atoms with van der Waals surface area (Å²) < 4.78 is 0.647. The number of phenolic OH excluding ortho intramolecular Hbond substituents is 1. The first kappa shape index (κ1) is 14.6. The van der Waals surface area contributed by atoms with Gasteiger partial charge < -0.3 is 5.11 Å². The van der Waals surface area contributed by atoms with Gasteiger partial charge in [0.1, 0.15) is 10.1 Å². The second-order valence-electron chi connectivity index (χ2n) is 5.40. The van der Waals surface area contributed by atoms with Crippen LogP contribution in [0, 0.1) is 0 Å². The summed E-state index contributed by atoms with van der Waals surface area (Å²) >= 11 is 6.73. The lowest BCUT2D eigenvalue weighted by Crippen LogP contribution is -2.39. The summed E-state index contributed by atoms with van der Waals surface area (Å²) in [4.78, 5) is 15.0. The fraction of sp³-hybridized carbons (Fsp3) is 0.375. The number of phenols is 1. The van der Waals surface area contributed by atoms with Crippen molar-refractivity contribution in [3.63, 3.8) is 0 Å². The number of para-hydroxylation sites is 1. The predicted octanol–water partition coefficient (Wildman–Crippen LogP) is 3.93. The molecule has 0 atom stereocenters. The number of thioether (sulfide) groups is 1. The third-order valence-corrected chi connectivity index (χ3v) is 5.32. The number of hydrogen-bond acceptors (Lipinski definition) is 4. The normalized spacial score (nSPS) is 22.3. The van der Waals surface area contributed by atoms with Crippen molar-refractivity contribution in [2.24, 2.45) is 0 Å². The van der Waals surface area contributed by atoms with E-state index in [0.29, 0.717) is 14.8 Å². The Morgan fingerprint density at radius 2 is 1.95 bits per heavy atom. The standard InChI is InChI=1S/C16H17NO2S2/c18-13-9-5-4-6-11(13)10-14-15(19)17(16(20)21-14)12-7-2-1-3-8-12/h4-6,9-10,12,18H,1-3,7-8H2/b14-10+. The number of carbonyl (C=O) groups excluding carboxylic acids is 1. The molecule has 2 fully saturated rings. The Balaban J connectivity index is 1.84. The molecular weight excluding hydrogens is 302 g/mol. The van der Waals surface area contributed by atoms with Gasteiger partial charge in [0, 0.05) is 11.6 Å². The van der Waals surface area contributed by atoms with Crippen LogP contribution in [0.3, 0.4) is 0 Å². The molecule has 1 saturated heterocycles. The number of amides is 1. The number of carbonyl (C=O) groups is 1. The summed E-state index contributed by atoms with van der Waals surface area (Å²) in [6.45, 7) is 0. The van der Waals surface area contributed by atoms with Gasteiger partial charge in [-0.05, 0) is 25.0 Å². The van der Waals surface area contributed by atoms with Gasteiger partial charge in [-0.2, -0.15) is 0 Å². The summed E-state index contributed by atoms with van der Waals surface area (Å²) in [7, 11) is 0. The molecule has 0 aromatic heterocycles. The van der Waals surface area contributed by atoms with Gasteiger partial charge in [-0.25, -0.2) is 0 Å². The first-order chi connectivity index (χ1) is 10.2. The molecule has 0 unspecified atom stereocenters. The van der Waals surface area contributed by atoms with Gasteiger partial charge in [0.05, 0.1) is 4.91 Å². The molecule has 1 aliphatic carbocycles. The Morgan fingerprint density at radius 1 is 1.24 bits per heavy atom. The molecule has 1 aliphatic heterocycles. The molecule has 3 rings (SSSR count). The molecular formula is C16H17NO2S2. The molecule has 2 aliphatic rings. The summed E-state index contributed by atoms with van der Waals surface area (Å²) in [6, 6.07) is 7.27. The van der Waals surface area contributed by atoms with Crippen LogP contribution in [0.15, 0.2) is 29.2 Å². The number of rotatable bonds is 2. The van der Waals surface area contributed by atoms with Crippen LogP contribution in [0.1, 0.15) is 37.7 Å². The summed E-state index contributed by atoms with van der Waals surface area (Å²) in [6.07, 6.45) is 7.39. The van der Waals surface area contributed by atoms with Crippen LogP contribution in [-0.4, -0.2) is 26.3 Å². The van der Waals surface area contributed by atoms with Crippen LogP contribution < -0.4 is 0 Å². The Bertz CT molecular complexity index is 606. The van der Waals surface area contributed by atoms with Gasteiger partial charge in [0.2, 0.25) is 0 Å². The highest BCUT2D eigenvalue weighted by Gasteiger charge is 2.37. The highest BCUT2D eigenvalue weighted by Crippen LogP contribution is 2.37. The number of aromatic hydroxyl groups is 1. The highest BCUT2D eigenvalue weighted by molar-refractivity contribution is 8.26. The number of thiocarbonyl (C=S) groups is 1. The van der Waals surface area contributed by atoms with Crippen molar-refractivity contribution in [1.82, 2.24) is 4.90 Å². The zero-order valence-corrected chi connectivity index (χ0v) is 13.3. The lowest BCUT2D eigenvalue weighted by atomic mass is 9.94. The Hall–Kier alpha value is -1.33. The maximum Gasteiger partial charge on any atom is 0.266 e. The average molecular weight is 319 g/mol. The quantitative estimate of drug-likeness (QED) is 0.662. The highest BCUT2D eigenvalue weighted by atomic mass is 32.2. The largest absolute Gasteiger partial charge is 0.507 e. The van der Waals surface area contributed by atoms with E-state index in [0.717, 1.165) is 12.8 Å². The van der Waals surface area contributed by atoms with Crippen LogP contribution in [0.5, 0.6) is 5.75 Å². The topological polar surface area (TPSA) is 40.5 Å². The fourth-order valence-electron chi connectivity index (χ4n) is 2.88. The van der Waals surface area contributed by atoms with Gasteiger partial charge in [-0.1, -0.05) is 61.4 Å². The van der Waals surface area contributed by atoms with E-state index in [4.69, 9.17) is 12.2 Å². The minimum atomic E-state index is -0.0137. The molecule has 0 radical (unpaired) electrons. The van der Waals surface area contributed by atoms with E-state index >= 15 is 0 Å². The minimum absolute atomic E-state index is 0.0137. The Morgan fingerprint density at radius 3 is 2.67 bits per heavy atom. The zero-order chi connectivity index (χ0) is 14.8. The van der Waals surface area contributed by atoms with Crippen molar-refractivity contribution in [3.8, 4) is 5.75 Å². The second kappa shape index (κ2) is 6.20. The minimum Gasteiger partial charge on any atom is -0.507 e. The van der Waals surface area contributed by atoms with E-state index in [2.05, 4.69) is 0 Å². The SMILES string of the molecule is O=C1/C(=C\c2ccccc2O)SC(=S)N1C1CCCCC1. The van der Waals surface area contributed by atoms with Crippen LogP contribution in [0.2, 0.25) is 0 Å². The average Bonchev–Trinajstić information content (AvgIpc) is 2.77. The van der Waals surface area contributed by atoms with Crippen LogP contribution in [0.25, 0.3) is 6.08 Å². The van der Waals surface area contributed by atoms with Gasteiger partial charge in [0.25, 0.3) is 5.91 Å². The Labute approximate surface area is 134 Å². The molecule has 1 heterocycles. The second-order valence-corrected chi connectivity index (χ2v) is 7.08.